The van der Waals surface area contributed by atoms with Gasteiger partial charge in [0.15, 0.2) is 0 Å². The number of rotatable bonds is 6. The van der Waals surface area contributed by atoms with Crippen LogP contribution < -0.4 is 10.2 Å². The summed E-state index contributed by atoms with van der Waals surface area (Å²) in [6.45, 7) is 7.39. The first-order valence-electron chi connectivity index (χ1n) is 10.3. The molecule has 3 heterocycles. The Hall–Kier alpha value is -2.44. The molecule has 2 aliphatic rings. The predicted octanol–water partition coefficient (Wildman–Crippen LogP) is 2.44. The van der Waals surface area contributed by atoms with Crippen LogP contribution in [0.5, 0.6) is 0 Å². The zero-order chi connectivity index (χ0) is 19.2. The molecule has 0 atom stereocenters. The third-order valence-electron chi connectivity index (χ3n) is 5.56. The van der Waals surface area contributed by atoms with Crippen molar-refractivity contribution in [3.8, 4) is 0 Å². The molecule has 0 aliphatic carbocycles. The third kappa shape index (κ3) is 5.09. The van der Waals surface area contributed by atoms with Crippen molar-refractivity contribution in [3.63, 3.8) is 0 Å². The van der Waals surface area contributed by atoms with Crippen LogP contribution in [0.15, 0.2) is 48.7 Å². The molecule has 0 spiro atoms. The number of benzene rings is 1. The van der Waals surface area contributed by atoms with Gasteiger partial charge in [-0.25, -0.2) is 4.98 Å². The van der Waals surface area contributed by atoms with Crippen LogP contribution in [0.2, 0.25) is 0 Å². The highest BCUT2D eigenvalue weighted by molar-refractivity contribution is 5.92. The van der Waals surface area contributed by atoms with Crippen molar-refractivity contribution < 1.29 is 4.79 Å². The van der Waals surface area contributed by atoms with E-state index in [2.05, 4.69) is 37.1 Å². The van der Waals surface area contributed by atoms with Crippen LogP contribution in [-0.2, 0) is 11.3 Å². The van der Waals surface area contributed by atoms with Gasteiger partial charge in [-0.2, -0.15) is 0 Å². The number of aromatic nitrogens is 1. The number of hydrogen-bond acceptors (Lipinski definition) is 5. The van der Waals surface area contributed by atoms with E-state index in [1.165, 1.54) is 31.5 Å². The molecule has 4 rings (SSSR count). The normalized spacial score (nSPS) is 18.4. The molecule has 2 fully saturated rings. The lowest BCUT2D eigenvalue weighted by Crippen LogP contribution is -2.48. The summed E-state index contributed by atoms with van der Waals surface area (Å²) in [5, 5.41) is 3.03. The molecule has 0 unspecified atom stereocenters. The van der Waals surface area contributed by atoms with Crippen molar-refractivity contribution in [1.82, 2.24) is 14.8 Å². The standard InChI is InChI=1S/C22H29N5O/c28-22(18-26-13-15-27(16-14-26)21-5-1-2-10-23-21)24-20-8-6-19(7-9-20)17-25-11-3-4-12-25/h1-2,5-10H,3-4,11-18H2,(H,24,28). The smallest absolute Gasteiger partial charge is 0.238 e. The van der Waals surface area contributed by atoms with Crippen LogP contribution in [0.1, 0.15) is 18.4 Å². The van der Waals surface area contributed by atoms with Crippen molar-refractivity contribution >= 4 is 17.4 Å². The SMILES string of the molecule is O=C(CN1CCN(c2ccccn2)CC1)Nc1ccc(CN2CCCC2)cc1. The van der Waals surface area contributed by atoms with E-state index in [4.69, 9.17) is 0 Å². The van der Waals surface area contributed by atoms with E-state index >= 15 is 0 Å². The number of nitrogens with one attached hydrogen (secondary N) is 1. The van der Waals surface area contributed by atoms with E-state index in [1.807, 2.05) is 36.5 Å². The monoisotopic (exact) mass is 379 g/mol. The number of piperazine rings is 1. The van der Waals surface area contributed by atoms with Gasteiger partial charge >= 0.3 is 0 Å². The Morgan fingerprint density at radius 2 is 1.64 bits per heavy atom. The molecule has 0 saturated carbocycles. The average molecular weight is 380 g/mol. The molecular formula is C22H29N5O. The molecule has 28 heavy (non-hydrogen) atoms. The zero-order valence-electron chi connectivity index (χ0n) is 16.4. The molecule has 0 bridgehead atoms. The number of carbonyl (C=O) groups excluding carboxylic acids is 1. The lowest BCUT2D eigenvalue weighted by atomic mass is 10.2. The molecule has 6 nitrogen and oxygen atoms in total. The number of pyridine rings is 1. The summed E-state index contributed by atoms with van der Waals surface area (Å²) < 4.78 is 0. The quantitative estimate of drug-likeness (QED) is 0.836. The Labute approximate surface area is 167 Å². The summed E-state index contributed by atoms with van der Waals surface area (Å²) in [6, 6.07) is 14.3. The van der Waals surface area contributed by atoms with Gasteiger partial charge in [0.2, 0.25) is 5.91 Å². The van der Waals surface area contributed by atoms with Crippen molar-refractivity contribution in [3.05, 3.63) is 54.2 Å². The van der Waals surface area contributed by atoms with Gasteiger partial charge in [-0.15, -0.1) is 0 Å². The Kier molecular flexibility index (Phi) is 6.19. The first-order chi connectivity index (χ1) is 13.8. The summed E-state index contributed by atoms with van der Waals surface area (Å²) in [5.41, 5.74) is 2.19. The van der Waals surface area contributed by atoms with Gasteiger partial charge < -0.3 is 10.2 Å². The van der Waals surface area contributed by atoms with Crippen LogP contribution in [0.25, 0.3) is 0 Å². The largest absolute Gasteiger partial charge is 0.354 e. The Morgan fingerprint density at radius 3 is 2.32 bits per heavy atom. The number of nitrogens with zero attached hydrogens (tertiary/aromatic N) is 4. The van der Waals surface area contributed by atoms with Gasteiger partial charge in [-0.3, -0.25) is 14.6 Å². The predicted molar refractivity (Wildman–Crippen MR) is 112 cm³/mol. The second-order valence-electron chi connectivity index (χ2n) is 7.68. The van der Waals surface area contributed by atoms with Crippen molar-refractivity contribution in [2.24, 2.45) is 0 Å². The van der Waals surface area contributed by atoms with Gasteiger partial charge in [-0.1, -0.05) is 18.2 Å². The summed E-state index contributed by atoms with van der Waals surface area (Å²) in [7, 11) is 0. The van der Waals surface area contributed by atoms with Crippen molar-refractivity contribution in [2.45, 2.75) is 19.4 Å². The van der Waals surface area contributed by atoms with Crippen molar-refractivity contribution in [1.29, 1.82) is 0 Å². The summed E-state index contributed by atoms with van der Waals surface area (Å²) in [4.78, 5) is 23.8. The lowest BCUT2D eigenvalue weighted by molar-refractivity contribution is -0.117. The lowest BCUT2D eigenvalue weighted by Gasteiger charge is -2.34. The summed E-state index contributed by atoms with van der Waals surface area (Å²) in [5.74, 6) is 1.07. The maximum Gasteiger partial charge on any atom is 0.238 e. The molecule has 2 aliphatic heterocycles. The van der Waals surface area contributed by atoms with E-state index in [0.29, 0.717) is 6.54 Å². The van der Waals surface area contributed by atoms with Gasteiger partial charge in [0.1, 0.15) is 5.82 Å². The van der Waals surface area contributed by atoms with E-state index in [0.717, 1.165) is 44.2 Å². The fourth-order valence-corrected chi connectivity index (χ4v) is 3.97. The molecular weight excluding hydrogens is 350 g/mol. The maximum atomic E-state index is 12.4. The van der Waals surface area contributed by atoms with Gasteiger partial charge in [0, 0.05) is 44.6 Å². The van der Waals surface area contributed by atoms with E-state index in [1.54, 1.807) is 0 Å². The van der Waals surface area contributed by atoms with Crippen LogP contribution in [0.3, 0.4) is 0 Å². The van der Waals surface area contributed by atoms with E-state index in [-0.39, 0.29) is 5.91 Å². The topological polar surface area (TPSA) is 51.7 Å². The fourth-order valence-electron chi connectivity index (χ4n) is 3.97. The number of amides is 1. The fraction of sp³-hybridized carbons (Fsp3) is 0.455. The molecule has 2 saturated heterocycles. The van der Waals surface area contributed by atoms with Crippen molar-refractivity contribution in [2.75, 3.05) is 56.0 Å². The highest BCUT2D eigenvalue weighted by atomic mass is 16.2. The molecule has 148 valence electrons. The van der Waals surface area contributed by atoms with Crippen LogP contribution in [-0.4, -0.2) is 66.5 Å². The number of hydrogen-bond donors (Lipinski definition) is 1. The van der Waals surface area contributed by atoms with Crippen LogP contribution in [0, 0.1) is 0 Å². The highest BCUT2D eigenvalue weighted by Crippen LogP contribution is 2.16. The molecule has 1 aromatic carbocycles. The van der Waals surface area contributed by atoms with Crippen LogP contribution >= 0.6 is 0 Å². The first kappa shape index (κ1) is 18.9. The molecule has 6 heteroatoms. The number of anilines is 2. The Morgan fingerprint density at radius 1 is 0.893 bits per heavy atom. The molecule has 0 radical (unpaired) electrons. The minimum Gasteiger partial charge on any atom is -0.354 e. The zero-order valence-corrected chi connectivity index (χ0v) is 16.4. The number of likely N-dealkylation sites (tertiary alicyclic amines) is 1. The minimum absolute atomic E-state index is 0.0542. The van der Waals surface area contributed by atoms with Crippen LogP contribution in [0.4, 0.5) is 11.5 Å². The summed E-state index contributed by atoms with van der Waals surface area (Å²) >= 11 is 0. The van der Waals surface area contributed by atoms with Gasteiger partial charge in [0.05, 0.1) is 6.54 Å². The third-order valence-corrected chi connectivity index (χ3v) is 5.56. The van der Waals surface area contributed by atoms with E-state index in [9.17, 15) is 4.79 Å². The second-order valence-corrected chi connectivity index (χ2v) is 7.68. The average Bonchev–Trinajstić information content (AvgIpc) is 3.24. The maximum absolute atomic E-state index is 12.4. The Bertz CT molecular complexity index is 750. The molecule has 1 amide bonds. The molecule has 1 aromatic heterocycles. The Balaban J connectivity index is 1.21. The summed E-state index contributed by atoms with van der Waals surface area (Å²) in [6.07, 6.45) is 4.44. The first-order valence-corrected chi connectivity index (χ1v) is 10.3. The van der Waals surface area contributed by atoms with E-state index < -0.39 is 0 Å². The number of carbonyl (C=O) groups is 1. The van der Waals surface area contributed by atoms with Gasteiger partial charge in [-0.05, 0) is 55.8 Å². The minimum atomic E-state index is 0.0542. The molecule has 1 N–H and O–H groups in total. The second kappa shape index (κ2) is 9.17. The molecule has 2 aromatic rings. The van der Waals surface area contributed by atoms with Gasteiger partial charge in [0.25, 0.3) is 0 Å². The highest BCUT2D eigenvalue weighted by Gasteiger charge is 2.19.